The summed E-state index contributed by atoms with van der Waals surface area (Å²) in [5.74, 6) is 1.36. The highest BCUT2D eigenvalue weighted by Crippen LogP contribution is 2.29. The van der Waals surface area contributed by atoms with Gasteiger partial charge in [0.25, 0.3) is 0 Å². The van der Waals surface area contributed by atoms with Crippen molar-refractivity contribution in [3.63, 3.8) is 0 Å². The number of ether oxygens (including phenoxy) is 2. The van der Waals surface area contributed by atoms with E-state index in [9.17, 15) is 0 Å². The average molecular weight is 290 g/mol. The molecule has 0 spiro atoms. The lowest BCUT2D eigenvalue weighted by Crippen LogP contribution is -2.16. The maximum Gasteiger partial charge on any atom is 0.184 e. The highest BCUT2D eigenvalue weighted by Gasteiger charge is 2.11. The molecule has 0 fully saturated rings. The van der Waals surface area contributed by atoms with Crippen molar-refractivity contribution in [3.05, 3.63) is 36.2 Å². The van der Waals surface area contributed by atoms with E-state index >= 15 is 0 Å². The highest BCUT2D eigenvalue weighted by atomic mass is 16.5. The summed E-state index contributed by atoms with van der Waals surface area (Å²) in [4.78, 5) is 8.78. The van der Waals surface area contributed by atoms with Gasteiger partial charge in [-0.3, -0.25) is 4.98 Å². The lowest BCUT2D eigenvalue weighted by Gasteiger charge is -2.11. The van der Waals surface area contributed by atoms with E-state index in [-0.39, 0.29) is 0 Å². The molecule has 0 amide bonds. The van der Waals surface area contributed by atoms with Crippen LogP contribution in [0, 0.1) is 0 Å². The molecule has 6 nitrogen and oxygen atoms in total. The molecule has 114 valence electrons. The number of nitrogens with one attached hydrogen (secondary N) is 1. The van der Waals surface area contributed by atoms with E-state index in [4.69, 9.17) is 9.47 Å². The van der Waals surface area contributed by atoms with Crippen LogP contribution in [0.15, 0.2) is 24.8 Å². The summed E-state index contributed by atoms with van der Waals surface area (Å²) in [5, 5.41) is 3.29. The van der Waals surface area contributed by atoms with Crippen molar-refractivity contribution < 1.29 is 9.47 Å². The molecular weight excluding hydrogens is 268 g/mol. The Morgan fingerprint density at radius 1 is 1.24 bits per heavy atom. The number of hydrogen-bond donors (Lipinski definition) is 1. The van der Waals surface area contributed by atoms with E-state index in [0.717, 1.165) is 30.9 Å². The fraction of sp³-hybridized carbons (Fsp3) is 0.467. The van der Waals surface area contributed by atoms with Crippen LogP contribution in [0.1, 0.15) is 18.3 Å². The second-order valence-electron chi connectivity index (χ2n) is 4.63. The van der Waals surface area contributed by atoms with Gasteiger partial charge in [0.05, 0.1) is 32.8 Å². The number of methoxy groups -OCH3 is 2. The van der Waals surface area contributed by atoms with E-state index in [1.54, 1.807) is 26.5 Å². The van der Waals surface area contributed by atoms with Gasteiger partial charge in [0, 0.05) is 31.4 Å². The first kappa shape index (κ1) is 15.3. The van der Waals surface area contributed by atoms with Gasteiger partial charge < -0.3 is 19.4 Å². The fourth-order valence-corrected chi connectivity index (χ4v) is 2.15. The molecule has 0 radical (unpaired) electrons. The Bertz CT molecular complexity index is 569. The maximum absolute atomic E-state index is 5.39. The number of pyridine rings is 1. The van der Waals surface area contributed by atoms with Gasteiger partial charge in [-0.15, -0.1) is 0 Å². The van der Waals surface area contributed by atoms with Crippen LogP contribution in [-0.4, -0.2) is 41.8 Å². The highest BCUT2D eigenvalue weighted by molar-refractivity contribution is 5.42. The van der Waals surface area contributed by atoms with Crippen LogP contribution in [0.5, 0.6) is 11.5 Å². The molecule has 0 saturated carbocycles. The lowest BCUT2D eigenvalue weighted by atomic mass is 10.3. The minimum absolute atomic E-state index is 0.606. The molecule has 0 aliphatic heterocycles. The Balaban J connectivity index is 2.08. The number of rotatable bonds is 8. The van der Waals surface area contributed by atoms with Gasteiger partial charge in [0.2, 0.25) is 0 Å². The minimum Gasteiger partial charge on any atom is -0.493 e. The Labute approximate surface area is 125 Å². The molecule has 0 aliphatic carbocycles. The zero-order valence-corrected chi connectivity index (χ0v) is 12.8. The molecule has 0 aromatic carbocycles. The van der Waals surface area contributed by atoms with Crippen molar-refractivity contribution in [2.45, 2.75) is 19.9 Å². The van der Waals surface area contributed by atoms with Crippen molar-refractivity contribution in [3.8, 4) is 11.5 Å². The Kier molecular flexibility index (Phi) is 5.57. The van der Waals surface area contributed by atoms with Crippen LogP contribution >= 0.6 is 0 Å². The summed E-state index contributed by atoms with van der Waals surface area (Å²) < 4.78 is 12.7. The third-order valence-electron chi connectivity index (χ3n) is 3.19. The summed E-state index contributed by atoms with van der Waals surface area (Å²) in [6, 6.07) is 1.79. The lowest BCUT2D eigenvalue weighted by molar-refractivity contribution is 0.348. The Morgan fingerprint density at radius 3 is 2.81 bits per heavy atom. The smallest absolute Gasteiger partial charge is 0.184 e. The van der Waals surface area contributed by atoms with Crippen LogP contribution in [-0.2, 0) is 13.0 Å². The zero-order valence-electron chi connectivity index (χ0n) is 12.8. The van der Waals surface area contributed by atoms with Crippen molar-refractivity contribution in [1.29, 1.82) is 0 Å². The number of hydrogen-bond acceptors (Lipinski definition) is 5. The maximum atomic E-state index is 5.39. The molecule has 2 aromatic rings. The molecule has 0 unspecified atom stereocenters. The first-order chi connectivity index (χ1) is 10.3. The van der Waals surface area contributed by atoms with Gasteiger partial charge in [-0.05, 0) is 6.54 Å². The molecule has 2 aromatic heterocycles. The number of imidazole rings is 1. The molecule has 1 N–H and O–H groups in total. The van der Waals surface area contributed by atoms with Crippen molar-refractivity contribution in [2.24, 2.45) is 0 Å². The number of nitrogens with zero attached hydrogens (tertiary/aromatic N) is 3. The molecule has 2 heterocycles. The van der Waals surface area contributed by atoms with E-state index in [0.29, 0.717) is 18.0 Å². The first-order valence-corrected chi connectivity index (χ1v) is 7.05. The molecule has 0 atom stereocenters. The van der Waals surface area contributed by atoms with Crippen molar-refractivity contribution >= 4 is 0 Å². The van der Waals surface area contributed by atoms with Gasteiger partial charge in [0.15, 0.2) is 11.5 Å². The second kappa shape index (κ2) is 7.64. The summed E-state index contributed by atoms with van der Waals surface area (Å²) in [6.07, 6.45) is 6.50. The van der Waals surface area contributed by atoms with Gasteiger partial charge in [0.1, 0.15) is 5.69 Å². The normalized spacial score (nSPS) is 10.6. The third-order valence-corrected chi connectivity index (χ3v) is 3.19. The molecule has 0 bridgehead atoms. The Morgan fingerprint density at radius 2 is 2.10 bits per heavy atom. The van der Waals surface area contributed by atoms with Gasteiger partial charge >= 0.3 is 0 Å². The van der Waals surface area contributed by atoms with Crippen LogP contribution in [0.2, 0.25) is 0 Å². The predicted molar refractivity (Wildman–Crippen MR) is 80.9 cm³/mol. The summed E-state index contributed by atoms with van der Waals surface area (Å²) >= 11 is 0. The largest absolute Gasteiger partial charge is 0.493 e. The summed E-state index contributed by atoms with van der Waals surface area (Å²) in [5.41, 5.74) is 1.89. The van der Waals surface area contributed by atoms with Gasteiger partial charge in [-0.2, -0.15) is 0 Å². The van der Waals surface area contributed by atoms with E-state index in [2.05, 4.69) is 22.2 Å². The molecule has 0 saturated heterocycles. The van der Waals surface area contributed by atoms with Crippen molar-refractivity contribution in [2.75, 3.05) is 27.3 Å². The quantitative estimate of drug-likeness (QED) is 0.747. The van der Waals surface area contributed by atoms with Gasteiger partial charge in [-0.25, -0.2) is 4.98 Å². The predicted octanol–water partition coefficient (Wildman–Crippen LogP) is 1.50. The third kappa shape index (κ3) is 3.95. The van der Waals surface area contributed by atoms with Crippen LogP contribution in [0.3, 0.4) is 0 Å². The SMILES string of the molecule is CCNCCc1cn(Cc2nccc(OC)c2OC)cn1. The number of aromatic nitrogens is 3. The van der Waals surface area contributed by atoms with Gasteiger partial charge in [-0.1, -0.05) is 6.92 Å². The average Bonchev–Trinajstić information content (AvgIpc) is 2.94. The molecule has 6 heteroatoms. The monoisotopic (exact) mass is 290 g/mol. The van der Waals surface area contributed by atoms with Crippen molar-refractivity contribution in [1.82, 2.24) is 19.9 Å². The first-order valence-electron chi connectivity index (χ1n) is 7.05. The fourth-order valence-electron chi connectivity index (χ4n) is 2.15. The van der Waals surface area contributed by atoms with Crippen LogP contribution in [0.4, 0.5) is 0 Å². The zero-order chi connectivity index (χ0) is 15.1. The van der Waals surface area contributed by atoms with Crippen LogP contribution < -0.4 is 14.8 Å². The molecule has 0 aliphatic rings. The standard InChI is InChI=1S/C15H22N4O2/c1-4-16-7-5-12-9-19(11-18-12)10-13-15(21-3)14(20-2)6-8-17-13/h6,8-9,11,16H,4-5,7,10H2,1-3H3. The Hall–Kier alpha value is -2.08. The van der Waals surface area contributed by atoms with E-state index in [1.807, 2.05) is 17.1 Å². The minimum atomic E-state index is 0.606. The molecular formula is C15H22N4O2. The van der Waals surface area contributed by atoms with Crippen LogP contribution in [0.25, 0.3) is 0 Å². The summed E-state index contributed by atoms with van der Waals surface area (Å²) in [7, 11) is 3.25. The second-order valence-corrected chi connectivity index (χ2v) is 4.63. The summed E-state index contributed by atoms with van der Waals surface area (Å²) in [6.45, 7) is 4.62. The number of likely N-dealkylation sites (N-methyl/N-ethyl adjacent to an activating group) is 1. The van der Waals surface area contributed by atoms with E-state index in [1.165, 1.54) is 0 Å². The topological polar surface area (TPSA) is 61.2 Å². The molecule has 2 rings (SSSR count). The molecule has 21 heavy (non-hydrogen) atoms. The van der Waals surface area contributed by atoms with E-state index < -0.39 is 0 Å².